The number of rotatable bonds is 7. The van der Waals surface area contributed by atoms with Crippen molar-refractivity contribution in [1.29, 1.82) is 0 Å². The SMILES string of the molecule is Cc1cccc(NC(=O)CN(C)CC(=O)Nc2ccc(N3CC(C)OC(C)C3)cc2)n1. The fourth-order valence-corrected chi connectivity index (χ4v) is 3.69. The molecule has 31 heavy (non-hydrogen) atoms. The van der Waals surface area contributed by atoms with Gasteiger partial charge in [0.05, 0.1) is 25.3 Å². The third kappa shape index (κ3) is 7.04. The first kappa shape index (κ1) is 22.7. The Kier molecular flexibility index (Phi) is 7.59. The Morgan fingerprint density at radius 1 is 1.03 bits per heavy atom. The van der Waals surface area contributed by atoms with Gasteiger partial charge in [0, 0.05) is 30.2 Å². The molecule has 2 atom stereocenters. The van der Waals surface area contributed by atoms with Crippen LogP contribution in [0.15, 0.2) is 42.5 Å². The van der Waals surface area contributed by atoms with Crippen molar-refractivity contribution >= 4 is 29.0 Å². The first-order chi connectivity index (χ1) is 14.8. The molecule has 166 valence electrons. The maximum absolute atomic E-state index is 12.4. The van der Waals surface area contributed by atoms with Crippen LogP contribution in [0.4, 0.5) is 17.2 Å². The molecule has 8 heteroatoms. The molecule has 2 N–H and O–H groups in total. The molecule has 3 rings (SSSR count). The topological polar surface area (TPSA) is 86.8 Å². The van der Waals surface area contributed by atoms with E-state index in [9.17, 15) is 9.59 Å². The van der Waals surface area contributed by atoms with Crippen LogP contribution in [-0.4, -0.2) is 67.1 Å². The minimum absolute atomic E-state index is 0.0926. The van der Waals surface area contributed by atoms with E-state index in [1.807, 2.05) is 43.3 Å². The average Bonchev–Trinajstić information content (AvgIpc) is 2.67. The average molecular weight is 426 g/mol. The maximum atomic E-state index is 12.4. The van der Waals surface area contributed by atoms with Gasteiger partial charge in [-0.2, -0.15) is 0 Å². The second-order valence-electron chi connectivity index (χ2n) is 8.14. The molecule has 1 saturated heterocycles. The number of benzene rings is 1. The standard InChI is InChI=1S/C23H31N5O3/c1-16-6-5-7-21(24-16)26-23(30)15-27(4)14-22(29)25-19-8-10-20(11-9-19)28-12-17(2)31-18(3)13-28/h5-11,17-18H,12-15H2,1-4H3,(H,25,29)(H,24,26,30). The summed E-state index contributed by atoms with van der Waals surface area (Å²) >= 11 is 0. The van der Waals surface area contributed by atoms with E-state index in [0.717, 1.165) is 30.2 Å². The number of carbonyl (C=O) groups is 2. The van der Waals surface area contributed by atoms with E-state index in [1.165, 1.54) is 0 Å². The highest BCUT2D eigenvalue weighted by molar-refractivity contribution is 5.94. The third-order valence-corrected chi connectivity index (χ3v) is 4.92. The van der Waals surface area contributed by atoms with Crippen LogP contribution >= 0.6 is 0 Å². The third-order valence-electron chi connectivity index (χ3n) is 4.92. The number of carbonyl (C=O) groups excluding carboxylic acids is 2. The summed E-state index contributed by atoms with van der Waals surface area (Å²) in [7, 11) is 1.73. The summed E-state index contributed by atoms with van der Waals surface area (Å²) in [5.41, 5.74) is 2.66. The maximum Gasteiger partial charge on any atom is 0.239 e. The van der Waals surface area contributed by atoms with Gasteiger partial charge in [0.25, 0.3) is 0 Å². The van der Waals surface area contributed by atoms with Crippen LogP contribution in [0.2, 0.25) is 0 Å². The lowest BCUT2D eigenvalue weighted by molar-refractivity contribution is -0.119. The molecule has 0 radical (unpaired) electrons. The summed E-state index contributed by atoms with van der Waals surface area (Å²) < 4.78 is 5.78. The number of ether oxygens (including phenoxy) is 1. The minimum atomic E-state index is -0.216. The van der Waals surface area contributed by atoms with Crippen molar-refractivity contribution in [3.05, 3.63) is 48.2 Å². The fraction of sp³-hybridized carbons (Fsp3) is 0.435. The van der Waals surface area contributed by atoms with Crippen molar-refractivity contribution in [2.24, 2.45) is 0 Å². The zero-order valence-corrected chi connectivity index (χ0v) is 18.6. The number of hydrogen-bond donors (Lipinski definition) is 2. The summed E-state index contributed by atoms with van der Waals surface area (Å²) in [5.74, 6) is 0.115. The molecule has 2 heterocycles. The molecule has 2 aromatic rings. The molecular formula is C23H31N5O3. The van der Waals surface area contributed by atoms with Gasteiger partial charge in [-0.3, -0.25) is 14.5 Å². The van der Waals surface area contributed by atoms with Crippen molar-refractivity contribution in [3.63, 3.8) is 0 Å². The lowest BCUT2D eigenvalue weighted by Crippen LogP contribution is -2.45. The van der Waals surface area contributed by atoms with Gasteiger partial charge in [-0.05, 0) is 64.2 Å². The summed E-state index contributed by atoms with van der Waals surface area (Å²) in [5, 5.41) is 5.63. The minimum Gasteiger partial charge on any atom is -0.372 e. The largest absolute Gasteiger partial charge is 0.372 e. The van der Waals surface area contributed by atoms with Gasteiger partial charge < -0.3 is 20.3 Å². The molecule has 1 fully saturated rings. The van der Waals surface area contributed by atoms with Crippen molar-refractivity contribution in [2.75, 3.05) is 48.8 Å². The number of amides is 2. The van der Waals surface area contributed by atoms with Gasteiger partial charge in [0.15, 0.2) is 0 Å². The van der Waals surface area contributed by atoms with E-state index < -0.39 is 0 Å². The Hall–Kier alpha value is -2.97. The lowest BCUT2D eigenvalue weighted by atomic mass is 10.2. The Balaban J connectivity index is 1.46. The van der Waals surface area contributed by atoms with Gasteiger partial charge in [-0.1, -0.05) is 6.07 Å². The van der Waals surface area contributed by atoms with Gasteiger partial charge in [0.2, 0.25) is 11.8 Å². The van der Waals surface area contributed by atoms with Crippen LogP contribution in [0.5, 0.6) is 0 Å². The van der Waals surface area contributed by atoms with Crippen molar-refractivity contribution < 1.29 is 14.3 Å². The molecule has 0 bridgehead atoms. The zero-order chi connectivity index (χ0) is 22.4. The highest BCUT2D eigenvalue weighted by Gasteiger charge is 2.22. The van der Waals surface area contributed by atoms with Crippen LogP contribution in [0.3, 0.4) is 0 Å². The predicted molar refractivity (Wildman–Crippen MR) is 122 cm³/mol. The Bertz CT molecular complexity index is 892. The van der Waals surface area contributed by atoms with Crippen molar-refractivity contribution in [3.8, 4) is 0 Å². The molecule has 1 aromatic carbocycles. The Morgan fingerprint density at radius 2 is 1.65 bits per heavy atom. The lowest BCUT2D eigenvalue weighted by Gasteiger charge is -2.36. The van der Waals surface area contributed by atoms with Crippen LogP contribution in [0.25, 0.3) is 0 Å². The van der Waals surface area contributed by atoms with Crippen LogP contribution in [0.1, 0.15) is 19.5 Å². The summed E-state index contributed by atoms with van der Waals surface area (Å²) in [6.07, 6.45) is 0.384. The number of likely N-dealkylation sites (N-methyl/N-ethyl adjacent to an activating group) is 1. The van der Waals surface area contributed by atoms with Gasteiger partial charge in [0.1, 0.15) is 5.82 Å². The van der Waals surface area contributed by atoms with E-state index in [4.69, 9.17) is 4.74 Å². The van der Waals surface area contributed by atoms with E-state index in [1.54, 1.807) is 18.0 Å². The number of aromatic nitrogens is 1. The molecule has 0 spiro atoms. The number of nitrogens with zero attached hydrogens (tertiary/aromatic N) is 3. The number of pyridine rings is 1. The highest BCUT2D eigenvalue weighted by Crippen LogP contribution is 2.22. The molecule has 1 aromatic heterocycles. The molecule has 2 unspecified atom stereocenters. The monoisotopic (exact) mass is 425 g/mol. The van der Waals surface area contributed by atoms with E-state index >= 15 is 0 Å². The molecule has 0 saturated carbocycles. The van der Waals surface area contributed by atoms with Gasteiger partial charge in [-0.25, -0.2) is 4.98 Å². The van der Waals surface area contributed by atoms with Crippen molar-refractivity contribution in [1.82, 2.24) is 9.88 Å². The Labute approximate surface area is 183 Å². The van der Waals surface area contributed by atoms with E-state index in [-0.39, 0.29) is 37.1 Å². The quantitative estimate of drug-likeness (QED) is 0.709. The Morgan fingerprint density at radius 3 is 2.26 bits per heavy atom. The summed E-state index contributed by atoms with van der Waals surface area (Å²) in [6, 6.07) is 13.2. The highest BCUT2D eigenvalue weighted by atomic mass is 16.5. The predicted octanol–water partition coefficient (Wildman–Crippen LogP) is 2.51. The van der Waals surface area contributed by atoms with E-state index in [0.29, 0.717) is 5.82 Å². The van der Waals surface area contributed by atoms with Crippen LogP contribution in [-0.2, 0) is 14.3 Å². The molecule has 0 aliphatic carbocycles. The fourth-order valence-electron chi connectivity index (χ4n) is 3.69. The second-order valence-corrected chi connectivity index (χ2v) is 8.14. The smallest absolute Gasteiger partial charge is 0.239 e. The van der Waals surface area contributed by atoms with Crippen LogP contribution in [0, 0.1) is 6.92 Å². The van der Waals surface area contributed by atoms with Gasteiger partial charge >= 0.3 is 0 Å². The number of anilines is 3. The number of aryl methyl sites for hydroxylation is 1. The number of nitrogens with one attached hydrogen (secondary N) is 2. The van der Waals surface area contributed by atoms with Crippen LogP contribution < -0.4 is 15.5 Å². The normalized spacial score (nSPS) is 18.7. The molecular weight excluding hydrogens is 394 g/mol. The number of morpholine rings is 1. The zero-order valence-electron chi connectivity index (χ0n) is 18.6. The van der Waals surface area contributed by atoms with Gasteiger partial charge in [-0.15, -0.1) is 0 Å². The van der Waals surface area contributed by atoms with Crippen molar-refractivity contribution in [2.45, 2.75) is 33.0 Å². The number of hydrogen-bond acceptors (Lipinski definition) is 6. The molecule has 8 nitrogen and oxygen atoms in total. The molecule has 2 amide bonds. The molecule has 1 aliphatic rings. The summed E-state index contributed by atoms with van der Waals surface area (Å²) in [4.78, 5) is 32.7. The molecule has 1 aliphatic heterocycles. The second kappa shape index (κ2) is 10.4. The van der Waals surface area contributed by atoms with E-state index in [2.05, 4.69) is 34.4 Å². The summed E-state index contributed by atoms with van der Waals surface area (Å²) in [6.45, 7) is 7.91. The first-order valence-corrected chi connectivity index (χ1v) is 10.5. The first-order valence-electron chi connectivity index (χ1n) is 10.5.